The van der Waals surface area contributed by atoms with E-state index in [1.165, 1.54) is 0 Å². The fourth-order valence-electron chi connectivity index (χ4n) is 1.50. The van der Waals surface area contributed by atoms with Crippen molar-refractivity contribution in [1.29, 1.82) is 0 Å². The van der Waals surface area contributed by atoms with Gasteiger partial charge in [-0.1, -0.05) is 0 Å². The summed E-state index contributed by atoms with van der Waals surface area (Å²) in [5, 5.41) is 4.15. The molecular weight excluding hydrogens is 188 g/mol. The summed E-state index contributed by atoms with van der Waals surface area (Å²) in [6.07, 6.45) is 8.11. The molecule has 0 amide bonds. The summed E-state index contributed by atoms with van der Waals surface area (Å²) in [6, 6.07) is 4.10. The number of hydrogen-bond donors (Lipinski definition) is 1. The lowest BCUT2D eigenvalue weighted by Crippen LogP contribution is -2.18. The molecule has 4 heteroatoms. The number of aromatic nitrogens is 3. The van der Waals surface area contributed by atoms with E-state index >= 15 is 0 Å². The lowest BCUT2D eigenvalue weighted by atomic mass is 10.1. The van der Waals surface area contributed by atoms with Crippen molar-refractivity contribution in [1.82, 2.24) is 14.8 Å². The van der Waals surface area contributed by atoms with Crippen LogP contribution in [-0.4, -0.2) is 20.8 Å². The largest absolute Gasteiger partial charge is 0.328 e. The van der Waals surface area contributed by atoms with E-state index in [0.717, 1.165) is 17.7 Å². The molecule has 1 unspecified atom stereocenters. The Morgan fingerprint density at radius 2 is 2.33 bits per heavy atom. The summed E-state index contributed by atoms with van der Waals surface area (Å²) in [6.45, 7) is 1.99. The van der Waals surface area contributed by atoms with E-state index in [-0.39, 0.29) is 6.04 Å². The standard InChI is InChI=1S/C11H14N4/c1-9(12)5-10-6-11(8-13-7-10)15-4-2-3-14-15/h2-4,6-9H,5,12H2,1H3. The van der Waals surface area contributed by atoms with Gasteiger partial charge in [0.2, 0.25) is 0 Å². The molecule has 2 heterocycles. The first-order valence-electron chi connectivity index (χ1n) is 4.95. The van der Waals surface area contributed by atoms with Gasteiger partial charge in [-0.05, 0) is 31.0 Å². The second kappa shape index (κ2) is 4.23. The first-order valence-corrected chi connectivity index (χ1v) is 4.95. The van der Waals surface area contributed by atoms with Gasteiger partial charge in [-0.25, -0.2) is 4.68 Å². The molecule has 2 aromatic heterocycles. The Morgan fingerprint density at radius 1 is 1.47 bits per heavy atom. The topological polar surface area (TPSA) is 56.7 Å². The summed E-state index contributed by atoms with van der Waals surface area (Å²) in [7, 11) is 0. The molecule has 2 N–H and O–H groups in total. The maximum Gasteiger partial charge on any atom is 0.0831 e. The van der Waals surface area contributed by atoms with Crippen LogP contribution >= 0.6 is 0 Å². The van der Waals surface area contributed by atoms with Crippen LogP contribution in [-0.2, 0) is 6.42 Å². The second-order valence-electron chi connectivity index (χ2n) is 3.68. The molecule has 4 nitrogen and oxygen atoms in total. The van der Waals surface area contributed by atoms with Gasteiger partial charge < -0.3 is 5.73 Å². The van der Waals surface area contributed by atoms with E-state index in [1.807, 2.05) is 25.4 Å². The van der Waals surface area contributed by atoms with Crippen LogP contribution in [0.3, 0.4) is 0 Å². The van der Waals surface area contributed by atoms with Crippen LogP contribution in [0.25, 0.3) is 5.69 Å². The summed E-state index contributed by atoms with van der Waals surface area (Å²) in [4.78, 5) is 4.18. The highest BCUT2D eigenvalue weighted by Gasteiger charge is 2.01. The quantitative estimate of drug-likeness (QED) is 0.812. The van der Waals surface area contributed by atoms with Gasteiger partial charge in [0.1, 0.15) is 0 Å². The van der Waals surface area contributed by atoms with Crippen LogP contribution in [0.2, 0.25) is 0 Å². The first kappa shape index (κ1) is 9.86. The smallest absolute Gasteiger partial charge is 0.0831 e. The monoisotopic (exact) mass is 202 g/mol. The number of hydrogen-bond acceptors (Lipinski definition) is 3. The maximum absolute atomic E-state index is 5.74. The highest BCUT2D eigenvalue weighted by molar-refractivity contribution is 5.31. The molecule has 0 aliphatic rings. The van der Waals surface area contributed by atoms with Crippen LogP contribution in [0, 0.1) is 0 Å². The molecule has 0 saturated heterocycles. The average molecular weight is 202 g/mol. The van der Waals surface area contributed by atoms with Gasteiger partial charge in [0.25, 0.3) is 0 Å². The van der Waals surface area contributed by atoms with E-state index in [4.69, 9.17) is 5.73 Å². The number of nitrogens with two attached hydrogens (primary N) is 1. The Bertz CT molecular complexity index is 420. The molecule has 0 spiro atoms. The molecule has 0 bridgehead atoms. The van der Waals surface area contributed by atoms with Gasteiger partial charge in [-0.3, -0.25) is 4.98 Å². The van der Waals surface area contributed by atoms with Gasteiger partial charge in [0.05, 0.1) is 11.9 Å². The Balaban J connectivity index is 2.27. The fourth-order valence-corrected chi connectivity index (χ4v) is 1.50. The second-order valence-corrected chi connectivity index (χ2v) is 3.68. The third kappa shape index (κ3) is 2.41. The molecule has 2 rings (SSSR count). The minimum absolute atomic E-state index is 0.152. The highest BCUT2D eigenvalue weighted by atomic mass is 15.3. The zero-order valence-corrected chi connectivity index (χ0v) is 8.67. The first-order chi connectivity index (χ1) is 7.25. The van der Waals surface area contributed by atoms with Crippen molar-refractivity contribution in [3.63, 3.8) is 0 Å². The van der Waals surface area contributed by atoms with E-state index in [2.05, 4.69) is 16.1 Å². The van der Waals surface area contributed by atoms with Crippen molar-refractivity contribution in [3.05, 3.63) is 42.5 Å². The Morgan fingerprint density at radius 3 is 3.00 bits per heavy atom. The van der Waals surface area contributed by atoms with Gasteiger partial charge in [-0.15, -0.1) is 0 Å². The number of nitrogens with zero attached hydrogens (tertiary/aromatic N) is 3. The van der Waals surface area contributed by atoms with Crippen LogP contribution in [0.15, 0.2) is 36.9 Å². The van der Waals surface area contributed by atoms with Crippen LogP contribution in [0.4, 0.5) is 0 Å². The third-order valence-corrected chi connectivity index (χ3v) is 2.11. The zero-order valence-electron chi connectivity index (χ0n) is 8.67. The van der Waals surface area contributed by atoms with Crippen LogP contribution < -0.4 is 5.73 Å². The molecule has 0 aliphatic heterocycles. The molecule has 0 aliphatic carbocycles. The summed E-state index contributed by atoms with van der Waals surface area (Å²) in [5.41, 5.74) is 7.85. The van der Waals surface area contributed by atoms with Crippen molar-refractivity contribution < 1.29 is 0 Å². The van der Waals surface area contributed by atoms with Gasteiger partial charge in [0.15, 0.2) is 0 Å². The van der Waals surface area contributed by atoms with Gasteiger partial charge in [0, 0.05) is 24.6 Å². The molecule has 15 heavy (non-hydrogen) atoms. The van der Waals surface area contributed by atoms with E-state index < -0.39 is 0 Å². The van der Waals surface area contributed by atoms with Crippen LogP contribution in [0.5, 0.6) is 0 Å². The Kier molecular flexibility index (Phi) is 2.78. The molecule has 78 valence electrons. The molecule has 0 radical (unpaired) electrons. The van der Waals surface area contributed by atoms with E-state index in [0.29, 0.717) is 0 Å². The molecule has 1 atom stereocenters. The van der Waals surface area contributed by atoms with E-state index in [9.17, 15) is 0 Å². The summed E-state index contributed by atoms with van der Waals surface area (Å²) < 4.78 is 1.79. The molecule has 2 aromatic rings. The SMILES string of the molecule is CC(N)Cc1cncc(-n2cccn2)c1. The minimum Gasteiger partial charge on any atom is -0.328 e. The van der Waals surface area contributed by atoms with Crippen molar-refractivity contribution in [2.45, 2.75) is 19.4 Å². The lowest BCUT2D eigenvalue weighted by Gasteiger charge is -2.06. The predicted octanol–water partition coefficient (Wildman–Crippen LogP) is 1.16. The maximum atomic E-state index is 5.74. The Hall–Kier alpha value is -1.68. The molecule has 0 saturated carbocycles. The minimum atomic E-state index is 0.152. The molecule has 0 fully saturated rings. The van der Waals surface area contributed by atoms with Crippen molar-refractivity contribution >= 4 is 0 Å². The summed E-state index contributed by atoms with van der Waals surface area (Å²) in [5.74, 6) is 0. The van der Waals surface area contributed by atoms with E-state index in [1.54, 1.807) is 17.1 Å². The molecular formula is C11H14N4. The number of rotatable bonds is 3. The van der Waals surface area contributed by atoms with Gasteiger partial charge in [-0.2, -0.15) is 5.10 Å². The number of pyridine rings is 1. The van der Waals surface area contributed by atoms with Crippen molar-refractivity contribution in [3.8, 4) is 5.69 Å². The average Bonchev–Trinajstić information content (AvgIpc) is 2.69. The van der Waals surface area contributed by atoms with Crippen molar-refractivity contribution in [2.75, 3.05) is 0 Å². The normalized spacial score (nSPS) is 12.7. The fraction of sp³-hybridized carbons (Fsp3) is 0.273. The lowest BCUT2D eigenvalue weighted by molar-refractivity contribution is 0.733. The highest BCUT2D eigenvalue weighted by Crippen LogP contribution is 2.08. The third-order valence-electron chi connectivity index (χ3n) is 2.11. The van der Waals surface area contributed by atoms with Gasteiger partial charge >= 0.3 is 0 Å². The van der Waals surface area contributed by atoms with Crippen molar-refractivity contribution in [2.24, 2.45) is 5.73 Å². The predicted molar refractivity (Wildman–Crippen MR) is 58.7 cm³/mol. The summed E-state index contributed by atoms with van der Waals surface area (Å²) >= 11 is 0. The van der Waals surface area contributed by atoms with Crippen LogP contribution in [0.1, 0.15) is 12.5 Å². The Labute approximate surface area is 88.8 Å². The molecule has 0 aromatic carbocycles. The zero-order chi connectivity index (χ0) is 10.7.